The van der Waals surface area contributed by atoms with E-state index in [1.165, 1.54) is 70.0 Å². The molecule has 1 aromatic heterocycles. The number of hydrogen-bond acceptors (Lipinski definition) is 4. The van der Waals surface area contributed by atoms with Gasteiger partial charge >= 0.3 is 0 Å². The number of hydrogen-bond donors (Lipinski definition) is 3. The van der Waals surface area contributed by atoms with Gasteiger partial charge in [0.1, 0.15) is 5.82 Å². The van der Waals surface area contributed by atoms with Gasteiger partial charge in [0.25, 0.3) is 0 Å². The monoisotopic (exact) mass is 497 g/mol. The van der Waals surface area contributed by atoms with E-state index in [4.69, 9.17) is 9.98 Å². The molecule has 2 saturated heterocycles. The molecule has 2 aliphatic carbocycles. The summed E-state index contributed by atoms with van der Waals surface area (Å²) in [5.41, 5.74) is 8.68. The standard InChI is InChI=1S/C33H31N5/c1-3-23(18-7-9-19(10-8-18)27-15-22(16-34-27)30-13-20-11-28(20)36-30)24-4-2-6-26(25(24)5-1)32-17-35-33(38-32)31-14-21-12-29(21)37-31/h1-10,16-17,20-21,28-31,36-37H,11-15H2,(H,35,38)/t20-,21-,28-,29-,30+,31+/m1/s1. The summed E-state index contributed by atoms with van der Waals surface area (Å²) < 4.78 is 0. The highest BCUT2D eigenvalue weighted by Gasteiger charge is 2.47. The molecule has 188 valence electrons. The number of aromatic amines is 1. The van der Waals surface area contributed by atoms with Gasteiger partial charge < -0.3 is 15.6 Å². The van der Waals surface area contributed by atoms with Crippen molar-refractivity contribution in [3.8, 4) is 22.4 Å². The molecule has 4 fully saturated rings. The van der Waals surface area contributed by atoms with Gasteiger partial charge in [-0.2, -0.15) is 0 Å². The van der Waals surface area contributed by atoms with Crippen molar-refractivity contribution in [2.75, 3.05) is 0 Å². The minimum absolute atomic E-state index is 0.368. The Bertz CT molecular complexity index is 1620. The third kappa shape index (κ3) is 3.45. The third-order valence-corrected chi connectivity index (χ3v) is 9.62. The summed E-state index contributed by atoms with van der Waals surface area (Å²) in [5.74, 6) is 2.84. The molecule has 0 radical (unpaired) electrons. The fourth-order valence-corrected chi connectivity index (χ4v) is 7.26. The average molecular weight is 498 g/mol. The highest BCUT2D eigenvalue weighted by Crippen LogP contribution is 2.46. The highest BCUT2D eigenvalue weighted by atomic mass is 15.1. The van der Waals surface area contributed by atoms with Gasteiger partial charge in [0, 0.05) is 36.3 Å². The van der Waals surface area contributed by atoms with Crippen LogP contribution < -0.4 is 10.6 Å². The molecule has 0 bridgehead atoms. The molecule has 0 unspecified atom stereocenters. The van der Waals surface area contributed by atoms with Gasteiger partial charge in [0.15, 0.2) is 0 Å². The average Bonchev–Trinajstić information content (AvgIpc) is 3.52. The lowest BCUT2D eigenvalue weighted by Crippen LogP contribution is -2.27. The summed E-state index contributed by atoms with van der Waals surface area (Å²) in [7, 11) is 0. The smallest absolute Gasteiger partial charge is 0.123 e. The number of nitrogens with one attached hydrogen (secondary N) is 3. The second kappa shape index (κ2) is 7.98. The topological polar surface area (TPSA) is 65.1 Å². The molecular weight excluding hydrogens is 466 g/mol. The second-order valence-electron chi connectivity index (χ2n) is 12.0. The van der Waals surface area contributed by atoms with Gasteiger partial charge in [-0.1, -0.05) is 60.7 Å². The van der Waals surface area contributed by atoms with Crippen LogP contribution >= 0.6 is 0 Å². The summed E-state index contributed by atoms with van der Waals surface area (Å²) in [6.45, 7) is 0. The number of nitrogens with zero attached hydrogens (tertiary/aromatic N) is 2. The van der Waals surface area contributed by atoms with Crippen LogP contribution in [0.5, 0.6) is 0 Å². The lowest BCUT2D eigenvalue weighted by atomic mass is 9.93. The predicted molar refractivity (Wildman–Crippen MR) is 152 cm³/mol. The SMILES string of the molecule is C1=C([C@@H]2C[C@H]3C[C@H]3N2)CC(c2ccc(-c3cccc4c(-c5cnc([C@@H]6C[C@H]7C[C@H]7N6)[nH]5)cccc34)cc2)=N1. The Kier molecular flexibility index (Phi) is 4.49. The molecule has 4 aromatic rings. The first-order chi connectivity index (χ1) is 18.8. The van der Waals surface area contributed by atoms with Crippen LogP contribution in [0.25, 0.3) is 33.2 Å². The Morgan fingerprint density at radius 1 is 0.684 bits per heavy atom. The molecule has 3 aliphatic heterocycles. The first kappa shape index (κ1) is 21.4. The maximum atomic E-state index is 4.81. The van der Waals surface area contributed by atoms with Crippen molar-refractivity contribution in [2.24, 2.45) is 16.8 Å². The summed E-state index contributed by atoms with van der Waals surface area (Å²) >= 11 is 0. The van der Waals surface area contributed by atoms with Crippen molar-refractivity contribution in [3.63, 3.8) is 0 Å². The van der Waals surface area contributed by atoms with E-state index >= 15 is 0 Å². The van der Waals surface area contributed by atoms with Crippen LogP contribution in [0.15, 0.2) is 83.6 Å². The lowest BCUT2D eigenvalue weighted by molar-refractivity contribution is 0.543. The van der Waals surface area contributed by atoms with Crippen LogP contribution in [0, 0.1) is 11.8 Å². The first-order valence-corrected chi connectivity index (χ1v) is 14.2. The van der Waals surface area contributed by atoms with Crippen molar-refractivity contribution in [1.29, 1.82) is 0 Å². The van der Waals surface area contributed by atoms with E-state index in [9.17, 15) is 0 Å². The van der Waals surface area contributed by atoms with E-state index in [0.29, 0.717) is 18.1 Å². The normalized spacial score (nSPS) is 30.7. The van der Waals surface area contributed by atoms with Gasteiger partial charge in [0.05, 0.1) is 23.6 Å². The number of imidazole rings is 1. The molecular formula is C33H31N5. The highest BCUT2D eigenvalue weighted by molar-refractivity contribution is 6.06. The molecule has 9 rings (SSSR count). The Morgan fingerprint density at radius 2 is 1.37 bits per heavy atom. The zero-order valence-electron chi connectivity index (χ0n) is 21.3. The molecule has 0 spiro atoms. The minimum atomic E-state index is 0.368. The number of benzene rings is 3. The van der Waals surface area contributed by atoms with Crippen LogP contribution in [0.1, 0.15) is 49.5 Å². The van der Waals surface area contributed by atoms with E-state index < -0.39 is 0 Å². The fraction of sp³-hybridized carbons (Fsp3) is 0.333. The zero-order valence-corrected chi connectivity index (χ0v) is 21.3. The summed E-state index contributed by atoms with van der Waals surface area (Å²) in [6.07, 6.45) is 10.3. The molecule has 5 nitrogen and oxygen atoms in total. The Hall–Kier alpha value is -3.54. The molecule has 0 amide bonds. The molecule has 6 atom stereocenters. The van der Waals surface area contributed by atoms with Crippen LogP contribution in [-0.4, -0.2) is 33.8 Å². The molecule has 2 saturated carbocycles. The van der Waals surface area contributed by atoms with Crippen molar-refractivity contribution in [2.45, 2.75) is 56.3 Å². The van der Waals surface area contributed by atoms with Gasteiger partial charge in [-0.25, -0.2) is 4.98 Å². The largest absolute Gasteiger partial charge is 0.341 e. The molecule has 38 heavy (non-hydrogen) atoms. The predicted octanol–water partition coefficient (Wildman–Crippen LogP) is 6.15. The summed E-state index contributed by atoms with van der Waals surface area (Å²) in [4.78, 5) is 13.2. The minimum Gasteiger partial charge on any atom is -0.341 e. The molecule has 3 aromatic carbocycles. The van der Waals surface area contributed by atoms with Crippen LogP contribution in [-0.2, 0) is 0 Å². The van der Waals surface area contributed by atoms with Gasteiger partial charge in [-0.05, 0) is 70.6 Å². The van der Waals surface area contributed by atoms with Gasteiger partial charge in [-0.15, -0.1) is 0 Å². The first-order valence-electron chi connectivity index (χ1n) is 14.2. The second-order valence-corrected chi connectivity index (χ2v) is 12.0. The van der Waals surface area contributed by atoms with E-state index in [-0.39, 0.29) is 0 Å². The van der Waals surface area contributed by atoms with Crippen LogP contribution in [0.4, 0.5) is 0 Å². The number of piperidine rings is 2. The number of fused-ring (bicyclic) bond motifs is 3. The molecule has 5 heteroatoms. The number of H-pyrrole nitrogens is 1. The quantitative estimate of drug-likeness (QED) is 0.310. The van der Waals surface area contributed by atoms with Gasteiger partial charge in [0.2, 0.25) is 0 Å². The lowest BCUT2D eigenvalue weighted by Gasteiger charge is -2.14. The van der Waals surface area contributed by atoms with Crippen LogP contribution in [0.2, 0.25) is 0 Å². The summed E-state index contributed by atoms with van der Waals surface area (Å²) in [6, 6.07) is 24.6. The Balaban J connectivity index is 0.983. The molecule has 5 aliphatic rings. The van der Waals surface area contributed by atoms with Gasteiger partial charge in [-0.3, -0.25) is 4.99 Å². The fourth-order valence-electron chi connectivity index (χ4n) is 7.26. The number of aromatic nitrogens is 2. The maximum Gasteiger partial charge on any atom is 0.123 e. The molecule has 3 N–H and O–H groups in total. The summed E-state index contributed by atoms with van der Waals surface area (Å²) in [5, 5.41) is 10.0. The Labute approximate surface area is 222 Å². The number of rotatable bonds is 5. The third-order valence-electron chi connectivity index (χ3n) is 9.62. The number of aliphatic imine (C=N–C) groups is 1. The van der Waals surface area contributed by atoms with Crippen molar-refractivity contribution in [3.05, 3.63) is 90.0 Å². The van der Waals surface area contributed by atoms with Crippen molar-refractivity contribution < 1.29 is 0 Å². The Morgan fingerprint density at radius 3 is 2.11 bits per heavy atom. The van der Waals surface area contributed by atoms with E-state index in [1.54, 1.807) is 0 Å². The van der Waals surface area contributed by atoms with Crippen molar-refractivity contribution >= 4 is 16.5 Å². The van der Waals surface area contributed by atoms with E-state index in [1.807, 2.05) is 6.20 Å². The molecule has 4 heterocycles. The van der Waals surface area contributed by atoms with E-state index in [0.717, 1.165) is 35.8 Å². The van der Waals surface area contributed by atoms with Crippen LogP contribution in [0.3, 0.4) is 0 Å². The maximum absolute atomic E-state index is 4.81. The van der Waals surface area contributed by atoms with Crippen molar-refractivity contribution in [1.82, 2.24) is 20.6 Å². The van der Waals surface area contributed by atoms with E-state index in [2.05, 4.69) is 82.5 Å². The zero-order chi connectivity index (χ0) is 24.8.